The molecule has 10 heteroatoms. The number of morpholine rings is 1. The average Bonchev–Trinajstić information content (AvgIpc) is 2.84. The quantitative estimate of drug-likeness (QED) is 0.506. The zero-order valence-electron chi connectivity index (χ0n) is 19.6. The van der Waals surface area contributed by atoms with Crippen LogP contribution in [0.25, 0.3) is 10.8 Å². The van der Waals surface area contributed by atoms with Gasteiger partial charge in [-0.3, -0.25) is 9.88 Å². The van der Waals surface area contributed by atoms with Gasteiger partial charge < -0.3 is 10.1 Å². The van der Waals surface area contributed by atoms with Crippen molar-refractivity contribution in [3.8, 4) is 0 Å². The summed E-state index contributed by atoms with van der Waals surface area (Å²) in [6.45, 7) is 6.87. The molecule has 0 spiro atoms. The molecule has 0 aliphatic carbocycles. The van der Waals surface area contributed by atoms with Gasteiger partial charge >= 0.3 is 6.18 Å². The van der Waals surface area contributed by atoms with E-state index in [1.807, 2.05) is 13.0 Å². The van der Waals surface area contributed by atoms with E-state index in [0.29, 0.717) is 17.6 Å². The van der Waals surface area contributed by atoms with Crippen LogP contribution in [0.15, 0.2) is 30.5 Å². The number of piperidine rings is 1. The van der Waals surface area contributed by atoms with Gasteiger partial charge in [0.15, 0.2) is 5.82 Å². The fraction of sp³-hybridized carbons (Fsp3) is 0.480. The van der Waals surface area contributed by atoms with Gasteiger partial charge in [-0.2, -0.15) is 18.3 Å². The Morgan fingerprint density at radius 1 is 1.17 bits per heavy atom. The van der Waals surface area contributed by atoms with Crippen molar-refractivity contribution in [3.63, 3.8) is 0 Å². The van der Waals surface area contributed by atoms with Crippen LogP contribution in [0.2, 0.25) is 0 Å². The molecule has 2 fully saturated rings. The number of nitrogens with one attached hydrogen (secondary N) is 1. The number of benzene rings is 1. The van der Waals surface area contributed by atoms with E-state index < -0.39 is 23.6 Å². The monoisotopic (exact) mass is 489 g/mol. The van der Waals surface area contributed by atoms with Crippen molar-refractivity contribution in [1.29, 1.82) is 0 Å². The number of aromatic nitrogens is 3. The second-order valence-corrected chi connectivity index (χ2v) is 9.35. The molecular formula is C25H27F4N5O. The average molecular weight is 490 g/mol. The Morgan fingerprint density at radius 3 is 2.80 bits per heavy atom. The zero-order chi connectivity index (χ0) is 24.7. The van der Waals surface area contributed by atoms with Gasteiger partial charge in [-0.15, -0.1) is 5.10 Å². The number of halogens is 4. The van der Waals surface area contributed by atoms with Crippen molar-refractivity contribution in [2.45, 2.75) is 50.9 Å². The summed E-state index contributed by atoms with van der Waals surface area (Å²) in [5, 5.41) is 13.1. The molecule has 3 atom stereocenters. The largest absolute Gasteiger partial charge is 0.419 e. The highest BCUT2D eigenvalue weighted by Crippen LogP contribution is 2.37. The number of rotatable bonds is 4. The summed E-state index contributed by atoms with van der Waals surface area (Å²) in [6.07, 6.45) is -1.06. The van der Waals surface area contributed by atoms with Gasteiger partial charge in [0.1, 0.15) is 5.82 Å². The topological polar surface area (TPSA) is 63.2 Å². The van der Waals surface area contributed by atoms with Crippen LogP contribution in [0.1, 0.15) is 54.2 Å². The molecule has 2 aliphatic rings. The Morgan fingerprint density at radius 2 is 2.00 bits per heavy atom. The molecule has 0 radical (unpaired) electrons. The van der Waals surface area contributed by atoms with Crippen molar-refractivity contribution in [2.75, 3.05) is 31.6 Å². The number of fused-ring (bicyclic) bond motifs is 2. The predicted molar refractivity (Wildman–Crippen MR) is 124 cm³/mol. The molecule has 35 heavy (non-hydrogen) atoms. The lowest BCUT2D eigenvalue weighted by atomic mass is 9.87. The third kappa shape index (κ3) is 4.69. The smallest absolute Gasteiger partial charge is 0.378 e. The molecule has 2 aromatic heterocycles. The summed E-state index contributed by atoms with van der Waals surface area (Å²) in [6, 6.07) is 4.89. The molecule has 1 N–H and O–H groups in total. The van der Waals surface area contributed by atoms with Gasteiger partial charge in [0.2, 0.25) is 0 Å². The van der Waals surface area contributed by atoms with Gasteiger partial charge in [0.05, 0.1) is 30.5 Å². The Kier molecular flexibility index (Phi) is 6.35. The molecule has 6 nitrogen and oxygen atoms in total. The van der Waals surface area contributed by atoms with Gasteiger partial charge in [-0.25, -0.2) is 4.39 Å². The molecule has 0 saturated carbocycles. The number of hydrogen-bond donors (Lipinski definition) is 1. The van der Waals surface area contributed by atoms with E-state index in [-0.39, 0.29) is 11.5 Å². The van der Waals surface area contributed by atoms with E-state index in [2.05, 4.69) is 20.4 Å². The van der Waals surface area contributed by atoms with Crippen LogP contribution in [0.4, 0.5) is 23.4 Å². The summed E-state index contributed by atoms with van der Waals surface area (Å²) in [7, 11) is 0. The number of pyridine rings is 1. The molecule has 0 bridgehead atoms. The number of ether oxygens (including phenoxy) is 1. The highest BCUT2D eigenvalue weighted by molar-refractivity contribution is 5.92. The summed E-state index contributed by atoms with van der Waals surface area (Å²) in [5.74, 6) is -0.632. The maximum atomic E-state index is 14.7. The number of nitrogens with zero attached hydrogens (tertiary/aromatic N) is 4. The summed E-state index contributed by atoms with van der Waals surface area (Å²) in [4.78, 5) is 7.19. The van der Waals surface area contributed by atoms with Crippen molar-refractivity contribution < 1.29 is 22.3 Å². The second-order valence-electron chi connectivity index (χ2n) is 9.35. The highest BCUT2D eigenvalue weighted by atomic mass is 19.4. The van der Waals surface area contributed by atoms with Crippen molar-refractivity contribution in [2.24, 2.45) is 0 Å². The van der Waals surface area contributed by atoms with Crippen LogP contribution < -0.4 is 5.32 Å². The van der Waals surface area contributed by atoms with Crippen LogP contribution in [0.5, 0.6) is 0 Å². The van der Waals surface area contributed by atoms with E-state index in [4.69, 9.17) is 9.72 Å². The lowest BCUT2D eigenvalue weighted by Crippen LogP contribution is -2.49. The Bertz CT molecular complexity index is 1230. The molecule has 1 aromatic carbocycles. The number of aryl methyl sites for hydroxylation is 1. The molecule has 2 saturated heterocycles. The number of anilines is 1. The standard InChI is InChI=1S/C25H27F4N5O/c1-14(18-4-3-5-21(23(18)26)25(27,28)29)31-24-19-11-22(30-12-20(19)15(2)32-33-24)16-6-7-34-8-9-35-13-17(34)10-16/h3-5,11-12,14,16-17H,6-10,13H2,1-2H3,(H,31,33)/t14-,16?,17+/m1/s1. The van der Waals surface area contributed by atoms with Crippen molar-refractivity contribution in [3.05, 3.63) is 58.8 Å². The Balaban J connectivity index is 1.45. The SMILES string of the molecule is Cc1nnc(N[C@H](C)c2cccc(C(F)(F)F)c2F)c2cc(C3CCN4CCOC[C@@H]4C3)ncc12. The Labute approximate surface area is 200 Å². The third-order valence-corrected chi connectivity index (χ3v) is 7.11. The van der Waals surface area contributed by atoms with Crippen LogP contribution in [0, 0.1) is 12.7 Å². The van der Waals surface area contributed by atoms with Gasteiger partial charge in [0, 0.05) is 46.7 Å². The van der Waals surface area contributed by atoms with E-state index in [9.17, 15) is 17.6 Å². The number of hydrogen-bond acceptors (Lipinski definition) is 6. The van der Waals surface area contributed by atoms with Crippen LogP contribution in [0.3, 0.4) is 0 Å². The first-order chi connectivity index (χ1) is 16.7. The van der Waals surface area contributed by atoms with E-state index in [0.717, 1.165) is 61.7 Å². The molecule has 1 unspecified atom stereocenters. The number of alkyl halides is 3. The molecule has 3 aromatic rings. The van der Waals surface area contributed by atoms with E-state index in [1.165, 1.54) is 12.1 Å². The first-order valence-electron chi connectivity index (χ1n) is 11.8. The van der Waals surface area contributed by atoms with Crippen LogP contribution >= 0.6 is 0 Å². The lowest BCUT2D eigenvalue weighted by molar-refractivity contribution is -0.140. The summed E-state index contributed by atoms with van der Waals surface area (Å²) < 4.78 is 60.0. The maximum Gasteiger partial charge on any atom is 0.419 e. The van der Waals surface area contributed by atoms with Crippen molar-refractivity contribution in [1.82, 2.24) is 20.1 Å². The molecule has 0 amide bonds. The third-order valence-electron chi connectivity index (χ3n) is 7.11. The van der Waals surface area contributed by atoms with Gasteiger partial charge in [-0.05, 0) is 45.4 Å². The van der Waals surface area contributed by atoms with Crippen LogP contribution in [-0.2, 0) is 10.9 Å². The van der Waals surface area contributed by atoms with Gasteiger partial charge in [-0.1, -0.05) is 12.1 Å². The van der Waals surface area contributed by atoms with E-state index in [1.54, 1.807) is 13.1 Å². The first kappa shape index (κ1) is 23.9. The second kappa shape index (κ2) is 9.31. The minimum absolute atomic E-state index is 0.0886. The highest BCUT2D eigenvalue weighted by Gasteiger charge is 2.36. The first-order valence-corrected chi connectivity index (χ1v) is 11.8. The fourth-order valence-electron chi connectivity index (χ4n) is 5.14. The molecular weight excluding hydrogens is 462 g/mol. The minimum atomic E-state index is -4.77. The normalized spacial score (nSPS) is 22.1. The summed E-state index contributed by atoms with van der Waals surface area (Å²) >= 11 is 0. The zero-order valence-corrected chi connectivity index (χ0v) is 19.6. The maximum absolute atomic E-state index is 14.7. The molecule has 4 heterocycles. The van der Waals surface area contributed by atoms with Crippen molar-refractivity contribution >= 4 is 16.6 Å². The minimum Gasteiger partial charge on any atom is -0.378 e. The Hall–Kier alpha value is -2.85. The summed E-state index contributed by atoms with van der Waals surface area (Å²) in [5.41, 5.74) is 0.261. The van der Waals surface area contributed by atoms with Crippen LogP contribution in [-0.4, -0.2) is 52.4 Å². The fourth-order valence-corrected chi connectivity index (χ4v) is 5.14. The van der Waals surface area contributed by atoms with E-state index >= 15 is 0 Å². The predicted octanol–water partition coefficient (Wildman–Crippen LogP) is 5.24. The lowest BCUT2D eigenvalue weighted by Gasteiger charge is -2.42. The molecule has 2 aliphatic heterocycles. The van der Waals surface area contributed by atoms with Gasteiger partial charge in [0.25, 0.3) is 0 Å². The molecule has 186 valence electrons. The molecule has 5 rings (SSSR count).